The first-order chi connectivity index (χ1) is 10.5. The number of aliphatic hydroxyl groups excluding tert-OH is 1. The molecule has 118 valence electrons. The summed E-state index contributed by atoms with van der Waals surface area (Å²) in [7, 11) is 1.58. The van der Waals surface area contributed by atoms with E-state index in [1.807, 2.05) is 0 Å². The normalized spacial score (nSPS) is 18.2. The average molecular weight is 324 g/mol. The molecule has 1 aromatic carbocycles. The molecule has 22 heavy (non-hydrogen) atoms. The Morgan fingerprint density at radius 3 is 2.55 bits per heavy atom. The summed E-state index contributed by atoms with van der Waals surface area (Å²) in [6.07, 6.45) is 0.616. The number of carbonyl (C=O) groups is 2. The number of methoxy groups -OCH3 is 1. The van der Waals surface area contributed by atoms with Crippen LogP contribution in [0.15, 0.2) is 35.6 Å². The maximum Gasteiger partial charge on any atom is 0.290 e. The Balaban J connectivity index is 2.39. The minimum absolute atomic E-state index is 0.129. The Morgan fingerprint density at radius 1 is 1.36 bits per heavy atom. The molecule has 1 unspecified atom stereocenters. The van der Waals surface area contributed by atoms with Gasteiger partial charge in [0, 0.05) is 25.3 Å². The third-order valence-corrected chi connectivity index (χ3v) is 3.87. The number of carbonyl (C=O) groups excluding carboxylic acids is 2. The standard InChI is InChI=1S/C16H18ClNO4/c1-10(19)13-14(11-4-6-12(17)7-5-11)18(8-3-9-22-2)16(21)15(13)20/h4-7,14,20H,3,8-9H2,1-2H3. The van der Waals surface area contributed by atoms with Crippen molar-refractivity contribution in [3.05, 3.63) is 46.2 Å². The largest absolute Gasteiger partial charge is 0.503 e. The molecular weight excluding hydrogens is 306 g/mol. The topological polar surface area (TPSA) is 66.8 Å². The maximum atomic E-state index is 12.3. The molecular formula is C16H18ClNO4. The third kappa shape index (κ3) is 3.15. The molecule has 0 aliphatic carbocycles. The SMILES string of the molecule is COCCCN1C(=O)C(O)=C(C(C)=O)C1c1ccc(Cl)cc1. The van der Waals surface area contributed by atoms with Crippen molar-refractivity contribution in [1.82, 2.24) is 4.90 Å². The van der Waals surface area contributed by atoms with Crippen molar-refractivity contribution in [2.24, 2.45) is 0 Å². The Labute approximate surface area is 134 Å². The highest BCUT2D eigenvalue weighted by Crippen LogP contribution is 2.37. The second kappa shape index (κ2) is 6.94. The summed E-state index contributed by atoms with van der Waals surface area (Å²) in [6.45, 7) is 2.23. The summed E-state index contributed by atoms with van der Waals surface area (Å²) >= 11 is 5.89. The molecule has 0 spiro atoms. The molecule has 1 atom stereocenters. The molecule has 1 heterocycles. The van der Waals surface area contributed by atoms with E-state index in [1.165, 1.54) is 11.8 Å². The van der Waals surface area contributed by atoms with E-state index in [-0.39, 0.29) is 11.4 Å². The number of benzene rings is 1. The van der Waals surface area contributed by atoms with Crippen molar-refractivity contribution in [2.75, 3.05) is 20.3 Å². The zero-order valence-corrected chi connectivity index (χ0v) is 13.3. The molecule has 0 aromatic heterocycles. The number of nitrogens with zero attached hydrogens (tertiary/aromatic N) is 1. The van der Waals surface area contributed by atoms with E-state index >= 15 is 0 Å². The Bertz CT molecular complexity index is 609. The van der Waals surface area contributed by atoms with Crippen molar-refractivity contribution in [1.29, 1.82) is 0 Å². The van der Waals surface area contributed by atoms with E-state index in [0.717, 1.165) is 5.56 Å². The van der Waals surface area contributed by atoms with Crippen molar-refractivity contribution in [3.63, 3.8) is 0 Å². The summed E-state index contributed by atoms with van der Waals surface area (Å²) < 4.78 is 5.00. The minimum Gasteiger partial charge on any atom is -0.503 e. The van der Waals surface area contributed by atoms with E-state index in [0.29, 0.717) is 24.6 Å². The summed E-state index contributed by atoms with van der Waals surface area (Å²) in [5.74, 6) is -1.31. The number of amides is 1. The summed E-state index contributed by atoms with van der Waals surface area (Å²) in [6, 6.07) is 6.32. The first-order valence-corrected chi connectivity index (χ1v) is 7.34. The molecule has 0 bridgehead atoms. The van der Waals surface area contributed by atoms with E-state index in [9.17, 15) is 14.7 Å². The smallest absolute Gasteiger partial charge is 0.290 e. The lowest BCUT2D eigenvalue weighted by Crippen LogP contribution is -2.32. The number of hydrogen-bond donors (Lipinski definition) is 1. The van der Waals surface area contributed by atoms with Gasteiger partial charge in [-0.05, 0) is 31.0 Å². The van der Waals surface area contributed by atoms with Crippen molar-refractivity contribution < 1.29 is 19.4 Å². The predicted octanol–water partition coefficient (Wildman–Crippen LogP) is 2.66. The number of ketones is 1. The summed E-state index contributed by atoms with van der Waals surface area (Å²) in [5, 5.41) is 10.6. The van der Waals surface area contributed by atoms with Gasteiger partial charge in [-0.1, -0.05) is 23.7 Å². The molecule has 1 amide bonds. The van der Waals surface area contributed by atoms with E-state index < -0.39 is 17.7 Å². The molecule has 0 saturated heterocycles. The number of Topliss-reactive ketones (excluding diaryl/α,β-unsaturated/α-hetero) is 1. The molecule has 0 radical (unpaired) electrons. The highest BCUT2D eigenvalue weighted by Gasteiger charge is 2.41. The molecule has 1 N–H and O–H groups in total. The van der Waals surface area contributed by atoms with Gasteiger partial charge >= 0.3 is 0 Å². The molecule has 1 aliphatic rings. The number of aliphatic hydroxyl groups is 1. The van der Waals surface area contributed by atoms with Gasteiger partial charge < -0.3 is 14.7 Å². The van der Waals surface area contributed by atoms with Gasteiger partial charge in [-0.2, -0.15) is 0 Å². The number of halogens is 1. The van der Waals surface area contributed by atoms with Crippen LogP contribution in [-0.2, 0) is 14.3 Å². The fraction of sp³-hybridized carbons (Fsp3) is 0.375. The van der Waals surface area contributed by atoms with Crippen LogP contribution in [0.25, 0.3) is 0 Å². The molecule has 1 aromatic rings. The minimum atomic E-state index is -0.584. The monoisotopic (exact) mass is 323 g/mol. The van der Waals surface area contributed by atoms with Gasteiger partial charge in [-0.25, -0.2) is 0 Å². The van der Waals surface area contributed by atoms with Crippen LogP contribution in [0.4, 0.5) is 0 Å². The second-order valence-electron chi connectivity index (χ2n) is 5.12. The van der Waals surface area contributed by atoms with Crippen LogP contribution in [0.5, 0.6) is 0 Å². The van der Waals surface area contributed by atoms with E-state index in [2.05, 4.69) is 0 Å². The lowest BCUT2D eigenvalue weighted by atomic mass is 9.97. The number of ether oxygens (including phenoxy) is 1. The fourth-order valence-electron chi connectivity index (χ4n) is 2.61. The van der Waals surface area contributed by atoms with Gasteiger partial charge in [0.05, 0.1) is 11.6 Å². The fourth-order valence-corrected chi connectivity index (χ4v) is 2.74. The van der Waals surface area contributed by atoms with Crippen LogP contribution in [0, 0.1) is 0 Å². The Morgan fingerprint density at radius 2 is 2.00 bits per heavy atom. The molecule has 2 rings (SSSR count). The quantitative estimate of drug-likeness (QED) is 0.817. The van der Waals surface area contributed by atoms with Gasteiger partial charge in [0.2, 0.25) is 0 Å². The Kier molecular flexibility index (Phi) is 5.21. The van der Waals surface area contributed by atoms with Crippen molar-refractivity contribution in [2.45, 2.75) is 19.4 Å². The van der Waals surface area contributed by atoms with Gasteiger partial charge in [-0.3, -0.25) is 9.59 Å². The van der Waals surface area contributed by atoms with Gasteiger partial charge in [0.15, 0.2) is 11.5 Å². The first-order valence-electron chi connectivity index (χ1n) is 6.96. The summed E-state index contributed by atoms with van der Waals surface area (Å²) in [5.41, 5.74) is 0.870. The predicted molar refractivity (Wildman–Crippen MR) is 82.7 cm³/mol. The van der Waals surface area contributed by atoms with Crippen LogP contribution < -0.4 is 0 Å². The van der Waals surface area contributed by atoms with Crippen molar-refractivity contribution in [3.8, 4) is 0 Å². The molecule has 1 aliphatic heterocycles. The third-order valence-electron chi connectivity index (χ3n) is 3.62. The number of hydrogen-bond acceptors (Lipinski definition) is 4. The maximum absolute atomic E-state index is 12.3. The Hall–Kier alpha value is -1.85. The van der Waals surface area contributed by atoms with Crippen LogP contribution in [0.2, 0.25) is 5.02 Å². The average Bonchev–Trinajstić information content (AvgIpc) is 2.73. The van der Waals surface area contributed by atoms with E-state index in [1.54, 1.807) is 31.4 Å². The van der Waals surface area contributed by atoms with E-state index in [4.69, 9.17) is 16.3 Å². The molecule has 6 heteroatoms. The second-order valence-corrected chi connectivity index (χ2v) is 5.55. The highest BCUT2D eigenvalue weighted by atomic mass is 35.5. The van der Waals surface area contributed by atoms with Crippen LogP contribution in [0.3, 0.4) is 0 Å². The first kappa shape index (κ1) is 16.5. The highest BCUT2D eigenvalue weighted by molar-refractivity contribution is 6.30. The zero-order valence-electron chi connectivity index (χ0n) is 12.5. The summed E-state index contributed by atoms with van der Waals surface area (Å²) in [4.78, 5) is 25.6. The lowest BCUT2D eigenvalue weighted by molar-refractivity contribution is -0.129. The molecule has 0 saturated carbocycles. The van der Waals surface area contributed by atoms with Gasteiger partial charge in [0.25, 0.3) is 5.91 Å². The number of rotatable bonds is 6. The lowest BCUT2D eigenvalue weighted by Gasteiger charge is -2.26. The zero-order chi connectivity index (χ0) is 16.3. The molecule has 0 fully saturated rings. The van der Waals surface area contributed by atoms with Crippen LogP contribution in [-0.4, -0.2) is 42.0 Å². The van der Waals surface area contributed by atoms with Crippen LogP contribution in [0.1, 0.15) is 24.9 Å². The van der Waals surface area contributed by atoms with Gasteiger partial charge in [-0.15, -0.1) is 0 Å². The van der Waals surface area contributed by atoms with Crippen molar-refractivity contribution >= 4 is 23.3 Å². The van der Waals surface area contributed by atoms with Gasteiger partial charge in [0.1, 0.15) is 0 Å². The van der Waals surface area contributed by atoms with Crippen LogP contribution >= 0.6 is 11.6 Å². The molecule has 5 nitrogen and oxygen atoms in total.